The number of anilines is 1. The van der Waals surface area contributed by atoms with Crippen molar-refractivity contribution in [1.82, 2.24) is 0 Å². The molecule has 0 aliphatic rings. The fraction of sp³-hybridized carbons (Fsp3) is 0.500. The molecule has 1 aromatic carbocycles. The highest BCUT2D eigenvalue weighted by Gasteiger charge is 2.15. The van der Waals surface area contributed by atoms with E-state index in [-0.39, 0.29) is 6.16 Å². The Morgan fingerprint density at radius 2 is 1.80 bits per heavy atom. The van der Waals surface area contributed by atoms with Gasteiger partial charge in [0.1, 0.15) is 0 Å². The van der Waals surface area contributed by atoms with E-state index in [1.54, 1.807) is 24.3 Å². The van der Waals surface area contributed by atoms with Crippen molar-refractivity contribution in [1.29, 1.82) is 0 Å². The van der Waals surface area contributed by atoms with Gasteiger partial charge < -0.3 is 9.79 Å². The molecule has 0 aliphatic carbocycles. The molecule has 114 valence electrons. The van der Waals surface area contributed by atoms with Crippen LogP contribution in [0, 0.1) is 0 Å². The lowest BCUT2D eigenvalue weighted by Crippen LogP contribution is -2.26. The molecule has 0 saturated carbocycles. The first-order valence-corrected chi connectivity index (χ1v) is 9.21. The minimum absolute atomic E-state index is 0.328. The van der Waals surface area contributed by atoms with E-state index in [1.807, 2.05) is 0 Å². The Hall–Kier alpha value is -0.720. The van der Waals surface area contributed by atoms with Crippen LogP contribution in [0.15, 0.2) is 24.3 Å². The van der Waals surface area contributed by atoms with Gasteiger partial charge in [0, 0.05) is 6.54 Å². The zero-order valence-corrected chi connectivity index (χ0v) is 13.0. The van der Waals surface area contributed by atoms with E-state index in [0.717, 1.165) is 19.3 Å². The molecule has 0 radical (unpaired) electrons. The SMILES string of the molecule is CCCCCN(c1ccc(CP(=O)(O)O)cc1)S(=O)O. The first-order chi connectivity index (χ1) is 9.33. The van der Waals surface area contributed by atoms with Gasteiger partial charge in [-0.15, -0.1) is 0 Å². The monoisotopic (exact) mass is 321 g/mol. The predicted octanol–water partition coefficient (Wildman–Crippen LogP) is 2.50. The third-order valence-corrected chi connectivity index (χ3v) is 4.31. The molecule has 0 saturated heterocycles. The van der Waals surface area contributed by atoms with Crippen molar-refractivity contribution in [2.45, 2.75) is 32.3 Å². The second-order valence-corrected chi connectivity index (χ2v) is 7.08. The molecule has 0 fully saturated rings. The average Bonchev–Trinajstić information content (AvgIpc) is 2.34. The molecule has 1 rings (SSSR count). The summed E-state index contributed by atoms with van der Waals surface area (Å²) in [5, 5.41) is 0. The van der Waals surface area contributed by atoms with Crippen LogP contribution in [0.3, 0.4) is 0 Å². The maximum Gasteiger partial charge on any atom is 0.329 e. The molecule has 0 spiro atoms. The number of hydrogen-bond acceptors (Lipinski definition) is 2. The van der Waals surface area contributed by atoms with Crippen LogP contribution in [0.2, 0.25) is 0 Å². The Balaban J connectivity index is 2.77. The van der Waals surface area contributed by atoms with Crippen LogP contribution in [0.5, 0.6) is 0 Å². The van der Waals surface area contributed by atoms with Gasteiger partial charge in [-0.05, 0) is 24.1 Å². The van der Waals surface area contributed by atoms with Crippen molar-refractivity contribution >= 4 is 24.5 Å². The van der Waals surface area contributed by atoms with Crippen LogP contribution >= 0.6 is 7.60 Å². The summed E-state index contributed by atoms with van der Waals surface area (Å²) in [4.78, 5) is 17.8. The lowest BCUT2D eigenvalue weighted by Gasteiger charge is -2.20. The number of nitrogens with zero attached hydrogens (tertiary/aromatic N) is 1. The van der Waals surface area contributed by atoms with Crippen molar-refractivity contribution < 1.29 is 23.1 Å². The van der Waals surface area contributed by atoms with Gasteiger partial charge >= 0.3 is 7.60 Å². The number of unbranched alkanes of at least 4 members (excludes halogenated alkanes) is 2. The Labute approximate surface area is 121 Å². The van der Waals surface area contributed by atoms with Gasteiger partial charge in [0.05, 0.1) is 11.8 Å². The molecule has 0 bridgehead atoms. The molecule has 3 N–H and O–H groups in total. The molecule has 1 atom stereocenters. The summed E-state index contributed by atoms with van der Waals surface area (Å²) in [6.45, 7) is 2.52. The van der Waals surface area contributed by atoms with Gasteiger partial charge in [-0.2, -0.15) is 0 Å². The maximum atomic E-state index is 11.3. The molecule has 8 heteroatoms. The van der Waals surface area contributed by atoms with E-state index in [2.05, 4.69) is 6.92 Å². The van der Waals surface area contributed by atoms with Gasteiger partial charge in [-0.25, -0.2) is 4.21 Å². The lowest BCUT2D eigenvalue weighted by atomic mass is 10.2. The fourth-order valence-electron chi connectivity index (χ4n) is 1.81. The zero-order chi connectivity index (χ0) is 15.2. The Morgan fingerprint density at radius 3 is 2.25 bits per heavy atom. The van der Waals surface area contributed by atoms with Crippen LogP contribution in [-0.4, -0.2) is 25.1 Å². The van der Waals surface area contributed by atoms with Gasteiger partial charge in [0.15, 0.2) is 0 Å². The average molecular weight is 321 g/mol. The van der Waals surface area contributed by atoms with Gasteiger partial charge in [0.25, 0.3) is 11.3 Å². The molecule has 0 aromatic heterocycles. The normalized spacial score (nSPS) is 13.2. The standard InChI is InChI=1S/C12H20NO5PS/c1-2-3-4-9-13(20(17)18)12-7-5-11(6-8-12)10-19(14,15)16/h5-8H,2-4,9-10H2,1H3,(H,17,18)(H2,14,15,16). The third kappa shape index (κ3) is 6.15. The van der Waals surface area contributed by atoms with Crippen LogP contribution in [-0.2, 0) is 22.0 Å². The highest BCUT2D eigenvalue weighted by molar-refractivity contribution is 7.80. The zero-order valence-electron chi connectivity index (χ0n) is 11.3. The molecular formula is C12H20NO5PS. The molecular weight excluding hydrogens is 301 g/mol. The van der Waals surface area contributed by atoms with Crippen molar-refractivity contribution in [3.8, 4) is 0 Å². The second kappa shape index (κ2) is 7.90. The summed E-state index contributed by atoms with van der Waals surface area (Å²) < 4.78 is 32.9. The minimum Gasteiger partial charge on any atom is -0.324 e. The summed E-state index contributed by atoms with van der Waals surface area (Å²) in [6, 6.07) is 6.33. The number of benzene rings is 1. The van der Waals surface area contributed by atoms with E-state index < -0.39 is 18.9 Å². The minimum atomic E-state index is -4.09. The summed E-state index contributed by atoms with van der Waals surface area (Å²) in [7, 11) is -4.09. The van der Waals surface area contributed by atoms with Crippen molar-refractivity contribution in [2.75, 3.05) is 10.8 Å². The van der Waals surface area contributed by atoms with Crippen molar-refractivity contribution in [3.63, 3.8) is 0 Å². The summed E-state index contributed by atoms with van der Waals surface area (Å²) in [5.74, 6) is 0. The topological polar surface area (TPSA) is 98.1 Å². The molecule has 1 unspecified atom stereocenters. The van der Waals surface area contributed by atoms with Crippen LogP contribution < -0.4 is 4.31 Å². The fourth-order valence-corrected chi connectivity index (χ4v) is 3.08. The summed E-state index contributed by atoms with van der Waals surface area (Å²) in [6.07, 6.45) is 2.48. The van der Waals surface area contributed by atoms with Crippen molar-refractivity contribution in [2.24, 2.45) is 0 Å². The first-order valence-electron chi connectivity index (χ1n) is 6.35. The van der Waals surface area contributed by atoms with Crippen LogP contribution in [0.4, 0.5) is 5.69 Å². The van der Waals surface area contributed by atoms with Gasteiger partial charge in [-0.1, -0.05) is 31.9 Å². The first kappa shape index (κ1) is 17.3. The largest absolute Gasteiger partial charge is 0.329 e. The van der Waals surface area contributed by atoms with Crippen LogP contribution in [0.1, 0.15) is 31.7 Å². The smallest absolute Gasteiger partial charge is 0.324 e. The molecule has 0 amide bonds. The summed E-state index contributed by atoms with van der Waals surface area (Å²) in [5.41, 5.74) is 1.07. The molecule has 0 heterocycles. The Bertz CT molecular complexity index is 487. The third-order valence-electron chi connectivity index (χ3n) is 2.77. The second-order valence-electron chi connectivity index (χ2n) is 4.53. The van der Waals surface area contributed by atoms with Crippen LogP contribution in [0.25, 0.3) is 0 Å². The molecule has 0 aliphatic heterocycles. The van der Waals surface area contributed by atoms with Gasteiger partial charge in [0.2, 0.25) is 0 Å². The Kier molecular flexibility index (Phi) is 6.85. The van der Waals surface area contributed by atoms with E-state index in [4.69, 9.17) is 9.79 Å². The van der Waals surface area contributed by atoms with E-state index >= 15 is 0 Å². The number of hydrogen-bond donors (Lipinski definition) is 3. The Morgan fingerprint density at radius 1 is 1.20 bits per heavy atom. The lowest BCUT2D eigenvalue weighted by molar-refractivity contribution is 0.371. The highest BCUT2D eigenvalue weighted by Crippen LogP contribution is 2.39. The quantitative estimate of drug-likeness (QED) is 0.388. The van der Waals surface area contributed by atoms with Crippen molar-refractivity contribution in [3.05, 3.63) is 29.8 Å². The van der Waals surface area contributed by atoms with E-state index in [1.165, 1.54) is 4.31 Å². The van der Waals surface area contributed by atoms with Gasteiger partial charge in [-0.3, -0.25) is 13.4 Å². The molecule has 1 aromatic rings. The van der Waals surface area contributed by atoms with E-state index in [0.29, 0.717) is 17.8 Å². The molecule has 20 heavy (non-hydrogen) atoms. The van der Waals surface area contributed by atoms with E-state index in [9.17, 15) is 13.3 Å². The summed E-state index contributed by atoms with van der Waals surface area (Å²) >= 11 is -2.10. The molecule has 6 nitrogen and oxygen atoms in total. The number of rotatable bonds is 8. The maximum absolute atomic E-state index is 11.3. The highest BCUT2D eigenvalue weighted by atomic mass is 32.2. The predicted molar refractivity (Wildman–Crippen MR) is 79.8 cm³/mol.